The first kappa shape index (κ1) is 18.4. The molecule has 0 radical (unpaired) electrons. The standard InChI is InChI=1S/C23H15BrN4O2/c1-14-5-10-21-19(11-14)23-20(13-25-21)22(15-6-8-16(24)9-7-15)26-27(23)17-3-2-4-18(12-17)28(29)30/h2-13H,1H3. The van der Waals surface area contributed by atoms with Gasteiger partial charge >= 0.3 is 0 Å². The fourth-order valence-electron chi connectivity index (χ4n) is 3.64. The molecule has 146 valence electrons. The fourth-order valence-corrected chi connectivity index (χ4v) is 3.91. The van der Waals surface area contributed by atoms with Crippen molar-refractivity contribution in [2.24, 2.45) is 0 Å². The van der Waals surface area contributed by atoms with E-state index < -0.39 is 4.92 Å². The maximum absolute atomic E-state index is 11.3. The number of nitro benzene ring substituents is 1. The average molecular weight is 459 g/mol. The summed E-state index contributed by atoms with van der Waals surface area (Å²) < 4.78 is 2.76. The summed E-state index contributed by atoms with van der Waals surface area (Å²) in [5.74, 6) is 0. The molecule has 0 saturated heterocycles. The molecule has 5 aromatic rings. The number of nitrogens with zero attached hydrogens (tertiary/aromatic N) is 4. The third-order valence-corrected chi connectivity index (χ3v) is 5.59. The number of halogens is 1. The summed E-state index contributed by atoms with van der Waals surface area (Å²) in [6.45, 7) is 2.03. The van der Waals surface area contributed by atoms with Gasteiger partial charge in [-0.25, -0.2) is 4.68 Å². The molecule has 0 N–H and O–H groups in total. The summed E-state index contributed by atoms with van der Waals surface area (Å²) in [6.07, 6.45) is 1.82. The molecule has 5 rings (SSSR count). The smallest absolute Gasteiger partial charge is 0.258 e. The predicted octanol–water partition coefficient (Wildman–Crippen LogP) is 6.22. The number of hydrogen-bond donors (Lipinski definition) is 0. The quantitative estimate of drug-likeness (QED) is 0.237. The normalized spacial score (nSPS) is 11.3. The Kier molecular flexibility index (Phi) is 4.33. The molecular formula is C23H15BrN4O2. The van der Waals surface area contributed by atoms with Crippen molar-refractivity contribution >= 4 is 43.4 Å². The number of hydrogen-bond acceptors (Lipinski definition) is 4. The lowest BCUT2D eigenvalue weighted by Crippen LogP contribution is -1.99. The lowest BCUT2D eigenvalue weighted by Gasteiger charge is -2.06. The highest BCUT2D eigenvalue weighted by atomic mass is 79.9. The molecule has 7 heteroatoms. The largest absolute Gasteiger partial charge is 0.271 e. The summed E-state index contributed by atoms with van der Waals surface area (Å²) in [7, 11) is 0. The SMILES string of the molecule is Cc1ccc2ncc3c(-c4ccc(Br)cc4)nn(-c4cccc([N+](=O)[O-])c4)c3c2c1. The number of nitro groups is 1. The van der Waals surface area contributed by atoms with E-state index in [4.69, 9.17) is 5.10 Å². The van der Waals surface area contributed by atoms with E-state index in [1.165, 1.54) is 6.07 Å². The van der Waals surface area contributed by atoms with Gasteiger partial charge in [0.15, 0.2) is 0 Å². The van der Waals surface area contributed by atoms with Crippen molar-refractivity contribution < 1.29 is 4.92 Å². The van der Waals surface area contributed by atoms with Gasteiger partial charge < -0.3 is 0 Å². The third kappa shape index (κ3) is 3.04. The highest BCUT2D eigenvalue weighted by molar-refractivity contribution is 9.10. The van der Waals surface area contributed by atoms with Gasteiger partial charge in [0.25, 0.3) is 5.69 Å². The molecule has 0 spiro atoms. The average Bonchev–Trinajstić information content (AvgIpc) is 3.14. The number of non-ortho nitro benzene ring substituents is 1. The number of rotatable bonds is 3. The molecule has 0 amide bonds. The molecule has 0 fully saturated rings. The lowest BCUT2D eigenvalue weighted by atomic mass is 10.1. The van der Waals surface area contributed by atoms with Gasteiger partial charge in [-0.3, -0.25) is 15.1 Å². The second-order valence-electron chi connectivity index (χ2n) is 7.09. The molecule has 3 aromatic carbocycles. The molecule has 0 saturated carbocycles. The van der Waals surface area contributed by atoms with Crippen LogP contribution in [0.3, 0.4) is 0 Å². The second-order valence-corrected chi connectivity index (χ2v) is 8.00. The summed E-state index contributed by atoms with van der Waals surface area (Å²) in [5.41, 5.74) is 5.21. The van der Waals surface area contributed by atoms with E-state index in [2.05, 4.69) is 27.0 Å². The van der Waals surface area contributed by atoms with Crippen LogP contribution in [0.25, 0.3) is 38.8 Å². The Bertz CT molecular complexity index is 1440. The molecule has 0 atom stereocenters. The van der Waals surface area contributed by atoms with E-state index in [1.807, 2.05) is 55.6 Å². The maximum Gasteiger partial charge on any atom is 0.271 e. The van der Waals surface area contributed by atoms with E-state index in [1.54, 1.807) is 16.8 Å². The molecule has 0 bridgehead atoms. The second kappa shape index (κ2) is 7.03. The van der Waals surface area contributed by atoms with Crippen LogP contribution in [0.15, 0.2) is 77.4 Å². The number of fused-ring (bicyclic) bond motifs is 3. The highest BCUT2D eigenvalue weighted by Crippen LogP contribution is 2.35. The minimum Gasteiger partial charge on any atom is -0.258 e. The topological polar surface area (TPSA) is 73.8 Å². The molecule has 0 aliphatic carbocycles. The molecule has 30 heavy (non-hydrogen) atoms. The van der Waals surface area contributed by atoms with Crippen LogP contribution in [-0.4, -0.2) is 19.7 Å². The van der Waals surface area contributed by atoms with Gasteiger partial charge in [-0.1, -0.05) is 45.8 Å². The fraction of sp³-hybridized carbons (Fsp3) is 0.0435. The van der Waals surface area contributed by atoms with Crippen molar-refractivity contribution in [1.29, 1.82) is 0 Å². The summed E-state index contributed by atoms with van der Waals surface area (Å²) in [5, 5.41) is 18.0. The Morgan fingerprint density at radius 2 is 1.80 bits per heavy atom. The zero-order valence-electron chi connectivity index (χ0n) is 15.9. The van der Waals surface area contributed by atoms with E-state index in [0.717, 1.165) is 43.1 Å². The number of aryl methyl sites for hydroxylation is 1. The first-order chi connectivity index (χ1) is 14.5. The van der Waals surface area contributed by atoms with Crippen molar-refractivity contribution in [1.82, 2.24) is 14.8 Å². The van der Waals surface area contributed by atoms with Gasteiger partial charge in [-0.15, -0.1) is 0 Å². The molecule has 6 nitrogen and oxygen atoms in total. The molecule has 2 aromatic heterocycles. The van der Waals surface area contributed by atoms with E-state index in [-0.39, 0.29) is 5.69 Å². The Morgan fingerprint density at radius 3 is 2.57 bits per heavy atom. The van der Waals surface area contributed by atoms with E-state index in [0.29, 0.717) is 5.69 Å². The van der Waals surface area contributed by atoms with Crippen LogP contribution >= 0.6 is 15.9 Å². The van der Waals surface area contributed by atoms with Crippen molar-refractivity contribution in [3.8, 4) is 16.9 Å². The predicted molar refractivity (Wildman–Crippen MR) is 121 cm³/mol. The summed E-state index contributed by atoms with van der Waals surface area (Å²) in [6, 6.07) is 20.5. The zero-order chi connectivity index (χ0) is 20.8. The summed E-state index contributed by atoms with van der Waals surface area (Å²) >= 11 is 3.47. The lowest BCUT2D eigenvalue weighted by molar-refractivity contribution is -0.384. The van der Waals surface area contributed by atoms with Crippen molar-refractivity contribution in [2.45, 2.75) is 6.92 Å². The van der Waals surface area contributed by atoms with E-state index >= 15 is 0 Å². The Balaban J connectivity index is 1.89. The minimum atomic E-state index is -0.394. The monoisotopic (exact) mass is 458 g/mol. The Hall–Kier alpha value is -3.58. The maximum atomic E-state index is 11.3. The highest BCUT2D eigenvalue weighted by Gasteiger charge is 2.18. The van der Waals surface area contributed by atoms with Crippen LogP contribution in [0.1, 0.15) is 5.56 Å². The number of benzene rings is 3. The van der Waals surface area contributed by atoms with Gasteiger partial charge in [-0.05, 0) is 37.3 Å². The van der Waals surface area contributed by atoms with Crippen molar-refractivity contribution in [2.75, 3.05) is 0 Å². The molecule has 0 aliphatic rings. The van der Waals surface area contributed by atoms with Gasteiger partial charge in [0.2, 0.25) is 0 Å². The zero-order valence-corrected chi connectivity index (χ0v) is 17.5. The first-order valence-electron chi connectivity index (χ1n) is 9.30. The van der Waals surface area contributed by atoms with E-state index in [9.17, 15) is 10.1 Å². The molecular weight excluding hydrogens is 444 g/mol. The van der Waals surface area contributed by atoms with Crippen LogP contribution in [0.5, 0.6) is 0 Å². The van der Waals surface area contributed by atoms with Crippen molar-refractivity contribution in [3.63, 3.8) is 0 Å². The van der Waals surface area contributed by atoms with Crippen LogP contribution in [-0.2, 0) is 0 Å². The third-order valence-electron chi connectivity index (χ3n) is 5.06. The molecule has 0 aliphatic heterocycles. The van der Waals surface area contributed by atoms with Crippen LogP contribution in [0, 0.1) is 17.0 Å². The van der Waals surface area contributed by atoms with Gasteiger partial charge in [-0.2, -0.15) is 5.10 Å². The Morgan fingerprint density at radius 1 is 1.00 bits per heavy atom. The first-order valence-corrected chi connectivity index (χ1v) is 10.1. The van der Waals surface area contributed by atoms with Gasteiger partial charge in [0.1, 0.15) is 5.69 Å². The Labute approximate surface area is 180 Å². The van der Waals surface area contributed by atoms with Gasteiger partial charge in [0, 0.05) is 39.1 Å². The molecule has 2 heterocycles. The summed E-state index contributed by atoms with van der Waals surface area (Å²) in [4.78, 5) is 15.6. The van der Waals surface area contributed by atoms with Gasteiger partial charge in [0.05, 0.1) is 21.6 Å². The number of pyridine rings is 1. The molecule has 0 unspecified atom stereocenters. The number of aromatic nitrogens is 3. The van der Waals surface area contributed by atoms with Crippen LogP contribution in [0.2, 0.25) is 0 Å². The van der Waals surface area contributed by atoms with Crippen molar-refractivity contribution in [3.05, 3.63) is 93.1 Å². The minimum absolute atomic E-state index is 0.0240. The van der Waals surface area contributed by atoms with Crippen LogP contribution < -0.4 is 0 Å². The van der Waals surface area contributed by atoms with Crippen LogP contribution in [0.4, 0.5) is 5.69 Å².